The van der Waals surface area contributed by atoms with E-state index in [1.165, 1.54) is 6.07 Å². The van der Waals surface area contributed by atoms with Gasteiger partial charge in [-0.1, -0.05) is 43.2 Å². The van der Waals surface area contributed by atoms with E-state index in [-0.39, 0.29) is 23.4 Å². The van der Waals surface area contributed by atoms with Crippen molar-refractivity contribution < 1.29 is 4.79 Å². The van der Waals surface area contributed by atoms with E-state index in [2.05, 4.69) is 15.3 Å². The van der Waals surface area contributed by atoms with Gasteiger partial charge in [0, 0.05) is 18.4 Å². The second-order valence-electron chi connectivity index (χ2n) is 6.48. The summed E-state index contributed by atoms with van der Waals surface area (Å²) < 4.78 is 0. The summed E-state index contributed by atoms with van der Waals surface area (Å²) in [5.74, 6) is 0.819. The van der Waals surface area contributed by atoms with Crippen molar-refractivity contribution in [3.63, 3.8) is 0 Å². The molecule has 0 radical (unpaired) electrons. The minimum absolute atomic E-state index is 0.114. The lowest BCUT2D eigenvalue weighted by Crippen LogP contribution is -2.34. The number of amides is 1. The highest BCUT2D eigenvalue weighted by Gasteiger charge is 2.25. The highest BCUT2D eigenvalue weighted by molar-refractivity contribution is 5.79. The number of aromatic nitrogens is 2. The van der Waals surface area contributed by atoms with Crippen molar-refractivity contribution in [1.82, 2.24) is 15.3 Å². The van der Waals surface area contributed by atoms with Crippen molar-refractivity contribution in [2.24, 2.45) is 5.92 Å². The van der Waals surface area contributed by atoms with Crippen molar-refractivity contribution in [3.8, 4) is 0 Å². The molecule has 126 valence electrons. The number of carbonyl (C=O) groups is 1. The van der Waals surface area contributed by atoms with Crippen LogP contribution in [0.2, 0.25) is 0 Å². The minimum atomic E-state index is -0.173. The lowest BCUT2D eigenvalue weighted by molar-refractivity contribution is -0.125. The maximum absolute atomic E-state index is 12.6. The fourth-order valence-corrected chi connectivity index (χ4v) is 3.37. The van der Waals surface area contributed by atoms with Gasteiger partial charge in [0.25, 0.3) is 5.56 Å². The van der Waals surface area contributed by atoms with E-state index in [4.69, 9.17) is 0 Å². The molecule has 0 aliphatic heterocycles. The van der Waals surface area contributed by atoms with Crippen molar-refractivity contribution in [2.75, 3.05) is 0 Å². The van der Waals surface area contributed by atoms with Crippen molar-refractivity contribution in [2.45, 2.75) is 45.1 Å². The Hall–Kier alpha value is -2.43. The fourth-order valence-electron chi connectivity index (χ4n) is 3.37. The van der Waals surface area contributed by atoms with Crippen molar-refractivity contribution in [3.05, 3.63) is 63.8 Å². The van der Waals surface area contributed by atoms with Crippen LogP contribution in [-0.4, -0.2) is 15.9 Å². The number of hydrogen-bond acceptors (Lipinski definition) is 3. The summed E-state index contributed by atoms with van der Waals surface area (Å²) in [7, 11) is 0. The largest absolute Gasteiger partial charge is 0.349 e. The molecule has 1 aliphatic rings. The monoisotopic (exact) mass is 325 g/mol. The number of rotatable bonds is 5. The number of H-pyrrole nitrogens is 1. The molecule has 1 amide bonds. The zero-order valence-corrected chi connectivity index (χ0v) is 13.9. The Kier molecular flexibility index (Phi) is 5.08. The summed E-state index contributed by atoms with van der Waals surface area (Å²) in [6.45, 7) is 1.76. The van der Waals surface area contributed by atoms with E-state index < -0.39 is 0 Å². The normalized spacial score (nSPS) is 16.0. The molecule has 5 nitrogen and oxygen atoms in total. The third-order valence-corrected chi connectivity index (χ3v) is 4.57. The molecule has 3 rings (SSSR count). The Labute approximate surface area is 141 Å². The molecule has 5 heteroatoms. The quantitative estimate of drug-likeness (QED) is 0.887. The Morgan fingerprint density at radius 2 is 2.00 bits per heavy atom. The summed E-state index contributed by atoms with van der Waals surface area (Å²) in [4.78, 5) is 31.3. The number of nitrogens with one attached hydrogen (secondary N) is 2. The topological polar surface area (TPSA) is 74.8 Å². The first kappa shape index (κ1) is 16.4. The maximum atomic E-state index is 12.6. The van der Waals surface area contributed by atoms with Gasteiger partial charge in [0.1, 0.15) is 5.82 Å². The number of benzene rings is 1. The van der Waals surface area contributed by atoms with E-state index in [0.717, 1.165) is 31.2 Å². The second kappa shape index (κ2) is 7.43. The van der Waals surface area contributed by atoms with Crippen LogP contribution in [0.1, 0.15) is 48.8 Å². The van der Waals surface area contributed by atoms with Gasteiger partial charge in [0.15, 0.2) is 0 Å². The molecule has 0 spiro atoms. The smallest absolute Gasteiger partial charge is 0.251 e. The molecular weight excluding hydrogens is 302 g/mol. The summed E-state index contributed by atoms with van der Waals surface area (Å²) in [5, 5.41) is 3.17. The van der Waals surface area contributed by atoms with Gasteiger partial charge in [-0.3, -0.25) is 9.59 Å². The molecule has 24 heavy (non-hydrogen) atoms. The SMILES string of the molecule is Cc1nc(CC(NC(=O)C2CCCC2)c2ccccc2)cc(=O)[nH]1. The van der Waals surface area contributed by atoms with Crippen LogP contribution < -0.4 is 10.9 Å². The standard InChI is InChI=1S/C19H23N3O2/c1-13-20-16(12-18(23)21-13)11-17(14-7-3-2-4-8-14)22-19(24)15-9-5-6-10-15/h2-4,7-8,12,15,17H,5-6,9-11H2,1H3,(H,22,24)(H,20,21,23). The molecule has 1 atom stereocenters. The molecule has 1 saturated carbocycles. The summed E-state index contributed by atoms with van der Waals surface area (Å²) >= 11 is 0. The van der Waals surface area contributed by atoms with Gasteiger partial charge in [-0.05, 0) is 25.3 Å². The van der Waals surface area contributed by atoms with Gasteiger partial charge in [0.2, 0.25) is 5.91 Å². The molecule has 1 aromatic carbocycles. The lowest BCUT2D eigenvalue weighted by Gasteiger charge is -2.21. The molecule has 1 fully saturated rings. The Morgan fingerprint density at radius 1 is 1.29 bits per heavy atom. The van der Waals surface area contributed by atoms with E-state index >= 15 is 0 Å². The number of nitrogens with zero attached hydrogens (tertiary/aromatic N) is 1. The highest BCUT2D eigenvalue weighted by Crippen LogP contribution is 2.26. The van der Waals surface area contributed by atoms with Gasteiger partial charge >= 0.3 is 0 Å². The van der Waals surface area contributed by atoms with Crippen LogP contribution in [0.5, 0.6) is 0 Å². The van der Waals surface area contributed by atoms with E-state index in [1.807, 2.05) is 30.3 Å². The summed E-state index contributed by atoms with van der Waals surface area (Å²) in [6.07, 6.45) is 4.70. The van der Waals surface area contributed by atoms with E-state index in [1.54, 1.807) is 6.92 Å². The van der Waals surface area contributed by atoms with Gasteiger partial charge in [-0.15, -0.1) is 0 Å². The summed E-state index contributed by atoms with van der Waals surface area (Å²) in [6, 6.07) is 11.2. The molecule has 1 unspecified atom stereocenters. The zero-order valence-electron chi connectivity index (χ0n) is 13.9. The van der Waals surface area contributed by atoms with Gasteiger partial charge in [-0.2, -0.15) is 0 Å². The first-order valence-corrected chi connectivity index (χ1v) is 8.54. The third kappa shape index (κ3) is 4.10. The van der Waals surface area contributed by atoms with Crippen LogP contribution in [0, 0.1) is 12.8 Å². The second-order valence-corrected chi connectivity index (χ2v) is 6.48. The number of hydrogen-bond donors (Lipinski definition) is 2. The first-order valence-electron chi connectivity index (χ1n) is 8.54. The molecule has 1 aromatic heterocycles. The highest BCUT2D eigenvalue weighted by atomic mass is 16.2. The Morgan fingerprint density at radius 3 is 2.67 bits per heavy atom. The van der Waals surface area contributed by atoms with Crippen LogP contribution in [0.15, 0.2) is 41.2 Å². The summed E-state index contributed by atoms with van der Waals surface area (Å²) in [5.41, 5.74) is 1.56. The van der Waals surface area contributed by atoms with Gasteiger partial charge in [0.05, 0.1) is 11.7 Å². The molecule has 1 aliphatic carbocycles. The van der Waals surface area contributed by atoms with E-state index in [9.17, 15) is 9.59 Å². The number of aromatic amines is 1. The number of aryl methyl sites for hydroxylation is 1. The zero-order chi connectivity index (χ0) is 16.9. The van der Waals surface area contributed by atoms with Crippen molar-refractivity contribution >= 4 is 5.91 Å². The average molecular weight is 325 g/mol. The fraction of sp³-hybridized carbons (Fsp3) is 0.421. The molecule has 2 N–H and O–H groups in total. The van der Waals surface area contributed by atoms with Crippen LogP contribution in [0.25, 0.3) is 0 Å². The van der Waals surface area contributed by atoms with Crippen LogP contribution >= 0.6 is 0 Å². The Balaban J connectivity index is 1.81. The molecular formula is C19H23N3O2. The van der Waals surface area contributed by atoms with Crippen LogP contribution in [-0.2, 0) is 11.2 Å². The third-order valence-electron chi connectivity index (χ3n) is 4.57. The Bertz CT molecular complexity index is 749. The minimum Gasteiger partial charge on any atom is -0.349 e. The lowest BCUT2D eigenvalue weighted by atomic mass is 9.99. The molecule has 1 heterocycles. The predicted molar refractivity (Wildman–Crippen MR) is 92.6 cm³/mol. The molecule has 0 saturated heterocycles. The van der Waals surface area contributed by atoms with Gasteiger partial charge in [-0.25, -0.2) is 4.98 Å². The van der Waals surface area contributed by atoms with E-state index in [0.29, 0.717) is 17.9 Å². The van der Waals surface area contributed by atoms with Crippen LogP contribution in [0.3, 0.4) is 0 Å². The van der Waals surface area contributed by atoms with Crippen molar-refractivity contribution in [1.29, 1.82) is 0 Å². The first-order chi connectivity index (χ1) is 11.6. The van der Waals surface area contributed by atoms with Gasteiger partial charge < -0.3 is 10.3 Å². The van der Waals surface area contributed by atoms with Crippen LogP contribution in [0.4, 0.5) is 0 Å². The molecule has 2 aromatic rings. The molecule has 0 bridgehead atoms. The average Bonchev–Trinajstić information content (AvgIpc) is 3.08. The predicted octanol–water partition coefficient (Wildman–Crippen LogP) is 2.67. The maximum Gasteiger partial charge on any atom is 0.251 e. The number of carbonyl (C=O) groups excluding carboxylic acids is 1.